The van der Waals surface area contributed by atoms with Gasteiger partial charge < -0.3 is 5.11 Å². The van der Waals surface area contributed by atoms with Crippen molar-refractivity contribution in [3.05, 3.63) is 71.8 Å². The summed E-state index contributed by atoms with van der Waals surface area (Å²) < 4.78 is 0. The molecule has 21 heavy (non-hydrogen) atoms. The summed E-state index contributed by atoms with van der Waals surface area (Å²) in [5.41, 5.74) is 2.73. The van der Waals surface area contributed by atoms with Gasteiger partial charge >= 0.3 is 0 Å². The minimum absolute atomic E-state index is 0.215. The molecule has 2 aromatic carbocycles. The average Bonchev–Trinajstić information content (AvgIpc) is 2.57. The van der Waals surface area contributed by atoms with Gasteiger partial charge in [-0.3, -0.25) is 4.90 Å². The molecule has 0 aliphatic carbocycles. The van der Waals surface area contributed by atoms with Crippen LogP contribution in [0.15, 0.2) is 60.7 Å². The van der Waals surface area contributed by atoms with E-state index in [4.69, 9.17) is 0 Å². The van der Waals surface area contributed by atoms with Crippen LogP contribution in [-0.4, -0.2) is 23.2 Å². The van der Waals surface area contributed by atoms with Gasteiger partial charge in [0.15, 0.2) is 0 Å². The van der Waals surface area contributed by atoms with Crippen LogP contribution in [0.4, 0.5) is 0 Å². The molecule has 1 aliphatic rings. The van der Waals surface area contributed by atoms with Gasteiger partial charge in [0.2, 0.25) is 0 Å². The highest BCUT2D eigenvalue weighted by Gasteiger charge is 2.31. The molecule has 0 bridgehead atoms. The Bertz CT molecular complexity index is 493. The van der Waals surface area contributed by atoms with Crippen LogP contribution in [0.1, 0.15) is 42.5 Å². The van der Waals surface area contributed by atoms with Gasteiger partial charge in [-0.05, 0) is 30.4 Å². The molecule has 1 fully saturated rings. The molecule has 0 unspecified atom stereocenters. The van der Waals surface area contributed by atoms with E-state index in [0.29, 0.717) is 12.1 Å². The summed E-state index contributed by atoms with van der Waals surface area (Å²) in [5, 5.41) is 9.51. The molecule has 110 valence electrons. The molecule has 0 spiro atoms. The van der Waals surface area contributed by atoms with Crippen LogP contribution in [0.5, 0.6) is 0 Å². The molecule has 0 saturated carbocycles. The summed E-state index contributed by atoms with van der Waals surface area (Å²) in [6.45, 7) is 0.950. The fourth-order valence-electron chi connectivity index (χ4n) is 3.55. The van der Waals surface area contributed by atoms with Crippen LogP contribution >= 0.6 is 0 Å². The van der Waals surface area contributed by atoms with E-state index in [1.807, 2.05) is 0 Å². The number of benzene rings is 2. The summed E-state index contributed by atoms with van der Waals surface area (Å²) >= 11 is 0. The van der Waals surface area contributed by atoms with E-state index >= 15 is 0 Å². The van der Waals surface area contributed by atoms with Crippen molar-refractivity contribution in [1.29, 1.82) is 0 Å². The summed E-state index contributed by atoms with van der Waals surface area (Å²) in [6, 6.07) is 22.2. The van der Waals surface area contributed by atoms with Crippen LogP contribution in [0.2, 0.25) is 0 Å². The molecule has 2 nitrogen and oxygen atoms in total. The molecular formula is C19H23NO. The predicted molar refractivity (Wildman–Crippen MR) is 86.0 cm³/mol. The summed E-state index contributed by atoms with van der Waals surface area (Å²) in [6.07, 6.45) is 3.59. The summed E-state index contributed by atoms with van der Waals surface area (Å²) in [7, 11) is 0. The first-order valence-electron chi connectivity index (χ1n) is 7.86. The topological polar surface area (TPSA) is 23.5 Å². The lowest BCUT2D eigenvalue weighted by Crippen LogP contribution is -2.38. The Balaban J connectivity index is 1.90. The van der Waals surface area contributed by atoms with Gasteiger partial charge in [0.1, 0.15) is 0 Å². The zero-order chi connectivity index (χ0) is 14.5. The standard InChI is InChI=1S/C19H23NO/c21-15-14-20-18(16-8-3-1-4-9-16)12-7-13-19(20)17-10-5-2-6-11-17/h1-6,8-11,18-19,21H,7,12-15H2/t18-,19-/m0/s1. The molecule has 1 N–H and O–H groups in total. The number of rotatable bonds is 4. The Labute approximate surface area is 127 Å². The maximum absolute atomic E-state index is 9.51. The quantitative estimate of drug-likeness (QED) is 0.917. The van der Waals surface area contributed by atoms with Crippen molar-refractivity contribution < 1.29 is 5.11 Å². The molecular weight excluding hydrogens is 258 g/mol. The summed E-state index contributed by atoms with van der Waals surface area (Å²) in [5.74, 6) is 0. The third-order valence-corrected chi connectivity index (χ3v) is 4.48. The minimum Gasteiger partial charge on any atom is -0.395 e. The first kappa shape index (κ1) is 14.3. The second kappa shape index (κ2) is 6.88. The highest BCUT2D eigenvalue weighted by molar-refractivity contribution is 5.24. The fourth-order valence-corrected chi connectivity index (χ4v) is 3.55. The molecule has 1 aliphatic heterocycles. The average molecular weight is 281 g/mol. The Kier molecular flexibility index (Phi) is 4.69. The molecule has 2 atom stereocenters. The smallest absolute Gasteiger partial charge is 0.0558 e. The number of hydrogen-bond donors (Lipinski definition) is 1. The first-order chi connectivity index (χ1) is 10.4. The van der Waals surface area contributed by atoms with Crippen LogP contribution in [0.3, 0.4) is 0 Å². The van der Waals surface area contributed by atoms with Crippen molar-refractivity contribution in [1.82, 2.24) is 4.90 Å². The largest absolute Gasteiger partial charge is 0.395 e. The van der Waals surface area contributed by atoms with E-state index in [1.54, 1.807) is 0 Å². The lowest BCUT2D eigenvalue weighted by molar-refractivity contribution is 0.0616. The van der Waals surface area contributed by atoms with Crippen molar-refractivity contribution in [3.8, 4) is 0 Å². The number of β-amino-alcohol motifs (C(OH)–C–C–N with tert-alkyl or cyclic N) is 1. The molecule has 3 rings (SSSR count). The van der Waals surface area contributed by atoms with Crippen LogP contribution in [0, 0.1) is 0 Å². The third kappa shape index (κ3) is 3.17. The Morgan fingerprint density at radius 3 is 1.71 bits per heavy atom. The minimum atomic E-state index is 0.215. The Hall–Kier alpha value is -1.64. The van der Waals surface area contributed by atoms with E-state index in [9.17, 15) is 5.11 Å². The number of aliphatic hydroxyl groups is 1. The van der Waals surface area contributed by atoms with Crippen LogP contribution in [-0.2, 0) is 0 Å². The Morgan fingerprint density at radius 2 is 1.29 bits per heavy atom. The van der Waals surface area contributed by atoms with Crippen molar-refractivity contribution in [2.45, 2.75) is 31.3 Å². The first-order valence-corrected chi connectivity index (χ1v) is 7.86. The van der Waals surface area contributed by atoms with Gasteiger partial charge in [-0.1, -0.05) is 60.7 Å². The van der Waals surface area contributed by atoms with Crippen LogP contribution < -0.4 is 0 Å². The number of hydrogen-bond acceptors (Lipinski definition) is 2. The van der Waals surface area contributed by atoms with Gasteiger partial charge in [0, 0.05) is 18.6 Å². The van der Waals surface area contributed by atoms with Crippen molar-refractivity contribution in [2.24, 2.45) is 0 Å². The van der Waals surface area contributed by atoms with E-state index in [1.165, 1.54) is 30.4 Å². The number of piperidine rings is 1. The second-order valence-corrected chi connectivity index (χ2v) is 5.75. The van der Waals surface area contributed by atoms with E-state index < -0.39 is 0 Å². The monoisotopic (exact) mass is 281 g/mol. The predicted octanol–water partition coefficient (Wildman–Crippen LogP) is 3.95. The number of aliphatic hydroxyl groups excluding tert-OH is 1. The zero-order valence-corrected chi connectivity index (χ0v) is 12.4. The van der Waals surface area contributed by atoms with E-state index in [0.717, 1.165) is 6.54 Å². The molecule has 0 aromatic heterocycles. The van der Waals surface area contributed by atoms with Crippen molar-refractivity contribution >= 4 is 0 Å². The number of nitrogens with zero attached hydrogens (tertiary/aromatic N) is 1. The lowest BCUT2D eigenvalue weighted by Gasteiger charge is -2.42. The molecule has 2 aromatic rings. The molecule has 1 saturated heterocycles. The molecule has 0 radical (unpaired) electrons. The molecule has 2 heteroatoms. The Morgan fingerprint density at radius 1 is 0.810 bits per heavy atom. The molecule has 1 heterocycles. The maximum Gasteiger partial charge on any atom is 0.0558 e. The normalized spacial score (nSPS) is 23.1. The van der Waals surface area contributed by atoms with Crippen LogP contribution in [0.25, 0.3) is 0 Å². The maximum atomic E-state index is 9.51. The van der Waals surface area contributed by atoms with E-state index in [-0.39, 0.29) is 6.61 Å². The van der Waals surface area contributed by atoms with Gasteiger partial charge in [-0.25, -0.2) is 0 Å². The fraction of sp³-hybridized carbons (Fsp3) is 0.368. The van der Waals surface area contributed by atoms with E-state index in [2.05, 4.69) is 65.6 Å². The second-order valence-electron chi connectivity index (χ2n) is 5.75. The van der Waals surface area contributed by atoms with Gasteiger partial charge in [0.05, 0.1) is 6.61 Å². The number of likely N-dealkylation sites (tertiary alicyclic amines) is 1. The highest BCUT2D eigenvalue weighted by Crippen LogP contribution is 2.41. The molecule has 0 amide bonds. The third-order valence-electron chi connectivity index (χ3n) is 4.48. The van der Waals surface area contributed by atoms with Crippen molar-refractivity contribution in [2.75, 3.05) is 13.2 Å². The van der Waals surface area contributed by atoms with Crippen molar-refractivity contribution in [3.63, 3.8) is 0 Å². The lowest BCUT2D eigenvalue weighted by atomic mass is 9.87. The summed E-state index contributed by atoms with van der Waals surface area (Å²) in [4.78, 5) is 2.48. The van der Waals surface area contributed by atoms with Gasteiger partial charge in [0.25, 0.3) is 0 Å². The highest BCUT2D eigenvalue weighted by atomic mass is 16.3. The van der Waals surface area contributed by atoms with Gasteiger partial charge in [-0.2, -0.15) is 0 Å². The SMILES string of the molecule is OCCN1[C@H](c2ccccc2)CCC[C@H]1c1ccccc1. The zero-order valence-electron chi connectivity index (χ0n) is 12.4. The van der Waals surface area contributed by atoms with Gasteiger partial charge in [-0.15, -0.1) is 0 Å².